The zero-order chi connectivity index (χ0) is 17.1. The lowest BCUT2D eigenvalue weighted by atomic mass is 9.44. The number of halogens is 2. The Hall–Kier alpha value is -1.27. The van der Waals surface area contributed by atoms with Gasteiger partial charge in [-0.05, 0) is 50.4 Å². The third kappa shape index (κ3) is 2.62. The number of rotatable bonds is 4. The molecule has 4 saturated carbocycles. The van der Waals surface area contributed by atoms with Crippen LogP contribution in [0.3, 0.4) is 0 Å². The van der Waals surface area contributed by atoms with Crippen LogP contribution in [0.25, 0.3) is 0 Å². The SMILES string of the molecule is N#CC12CC3CC(C1)CC(C(=O)OCC(F)(F)S(=O)(=O)O)(C3)C2. The molecule has 0 aliphatic heterocycles. The Morgan fingerprint density at radius 2 is 1.87 bits per heavy atom. The van der Waals surface area contributed by atoms with Gasteiger partial charge in [-0.15, -0.1) is 0 Å². The molecule has 4 rings (SSSR count). The van der Waals surface area contributed by atoms with Crippen molar-refractivity contribution >= 4 is 16.1 Å². The van der Waals surface area contributed by atoms with Crippen molar-refractivity contribution in [3.63, 3.8) is 0 Å². The molecule has 0 aromatic rings. The Morgan fingerprint density at radius 1 is 1.30 bits per heavy atom. The molecule has 0 amide bonds. The van der Waals surface area contributed by atoms with Gasteiger partial charge in [0.1, 0.15) is 0 Å². The first-order valence-electron chi connectivity index (χ1n) is 7.44. The van der Waals surface area contributed by atoms with E-state index in [1.54, 1.807) is 0 Å². The second-order valence-corrected chi connectivity index (χ2v) is 8.87. The van der Waals surface area contributed by atoms with Crippen molar-refractivity contribution in [3.8, 4) is 6.07 Å². The average Bonchev–Trinajstić information content (AvgIpc) is 2.42. The molecule has 2 unspecified atom stereocenters. The maximum absolute atomic E-state index is 13.2. The van der Waals surface area contributed by atoms with Crippen molar-refractivity contribution in [2.75, 3.05) is 6.61 Å². The monoisotopic (exact) mass is 349 g/mol. The number of esters is 1. The Kier molecular flexibility index (Phi) is 3.51. The van der Waals surface area contributed by atoms with Crippen LogP contribution in [0.4, 0.5) is 8.78 Å². The summed E-state index contributed by atoms with van der Waals surface area (Å²) >= 11 is 0. The van der Waals surface area contributed by atoms with E-state index in [1.165, 1.54) is 0 Å². The van der Waals surface area contributed by atoms with Crippen molar-refractivity contribution in [2.24, 2.45) is 22.7 Å². The van der Waals surface area contributed by atoms with Crippen molar-refractivity contribution in [1.82, 2.24) is 0 Å². The topological polar surface area (TPSA) is 104 Å². The van der Waals surface area contributed by atoms with Crippen LogP contribution in [-0.4, -0.2) is 30.8 Å². The van der Waals surface area contributed by atoms with Gasteiger partial charge >= 0.3 is 21.3 Å². The molecule has 23 heavy (non-hydrogen) atoms. The predicted molar refractivity (Wildman–Crippen MR) is 72.6 cm³/mol. The lowest BCUT2D eigenvalue weighted by Gasteiger charge is -2.58. The largest absolute Gasteiger partial charge is 0.458 e. The van der Waals surface area contributed by atoms with E-state index < -0.39 is 38.8 Å². The zero-order valence-electron chi connectivity index (χ0n) is 12.3. The summed E-state index contributed by atoms with van der Waals surface area (Å²) in [5.41, 5.74) is -1.58. The number of nitrogens with zero attached hydrogens (tertiary/aromatic N) is 1. The van der Waals surface area contributed by atoms with Crippen LogP contribution < -0.4 is 0 Å². The van der Waals surface area contributed by atoms with Gasteiger partial charge in [0, 0.05) is 0 Å². The molecule has 128 valence electrons. The fourth-order valence-electron chi connectivity index (χ4n) is 5.01. The molecule has 0 spiro atoms. The van der Waals surface area contributed by atoms with Crippen LogP contribution in [0.1, 0.15) is 38.5 Å². The average molecular weight is 349 g/mol. The minimum atomic E-state index is -5.63. The molecular formula is C14H17F2NO5S. The standard InChI is InChI=1S/C14H17F2NO5S/c15-14(16,23(19,20)21)8-22-11(18)13-4-9-1-10(5-13)3-12(2-9,6-13)7-17/h9-10H,1-6,8H2,(H,19,20,21). The maximum Gasteiger partial charge on any atom is 0.402 e. The van der Waals surface area contributed by atoms with Crippen molar-refractivity contribution in [3.05, 3.63) is 0 Å². The summed E-state index contributed by atoms with van der Waals surface area (Å²) in [7, 11) is -5.63. The molecule has 1 N–H and O–H groups in total. The summed E-state index contributed by atoms with van der Waals surface area (Å²) in [5, 5.41) is 4.93. The van der Waals surface area contributed by atoms with Gasteiger partial charge in [0.15, 0.2) is 6.61 Å². The number of hydrogen-bond acceptors (Lipinski definition) is 5. The molecule has 4 fully saturated rings. The fourth-order valence-corrected chi connectivity index (χ4v) is 5.22. The van der Waals surface area contributed by atoms with Crippen molar-refractivity contribution in [1.29, 1.82) is 5.26 Å². The molecule has 0 saturated heterocycles. The van der Waals surface area contributed by atoms with E-state index in [-0.39, 0.29) is 18.3 Å². The smallest absolute Gasteiger partial charge is 0.402 e. The number of ether oxygens (including phenoxy) is 1. The molecular weight excluding hydrogens is 332 g/mol. The van der Waals surface area contributed by atoms with Crippen LogP contribution in [0.15, 0.2) is 0 Å². The Bertz CT molecular complexity index is 670. The summed E-state index contributed by atoms with van der Waals surface area (Å²) in [4.78, 5) is 12.4. The first kappa shape index (κ1) is 16.6. The summed E-state index contributed by atoms with van der Waals surface area (Å²) in [6, 6.07) is 2.29. The second-order valence-electron chi connectivity index (χ2n) is 7.32. The third-order valence-electron chi connectivity index (χ3n) is 5.48. The van der Waals surface area contributed by atoms with Gasteiger partial charge in [-0.1, -0.05) is 0 Å². The van der Waals surface area contributed by atoms with E-state index >= 15 is 0 Å². The van der Waals surface area contributed by atoms with Gasteiger partial charge in [-0.3, -0.25) is 9.35 Å². The van der Waals surface area contributed by atoms with E-state index in [0.29, 0.717) is 12.8 Å². The summed E-state index contributed by atoms with van der Waals surface area (Å²) in [5.74, 6) is -0.481. The minimum absolute atomic E-state index is 0.200. The van der Waals surface area contributed by atoms with E-state index in [9.17, 15) is 27.3 Å². The van der Waals surface area contributed by atoms with Gasteiger partial charge in [-0.25, -0.2) is 0 Å². The van der Waals surface area contributed by atoms with Crippen LogP contribution in [0.5, 0.6) is 0 Å². The third-order valence-corrected chi connectivity index (χ3v) is 6.35. The normalized spacial score (nSPS) is 39.0. The van der Waals surface area contributed by atoms with Crippen molar-refractivity contribution < 1.29 is 31.3 Å². The summed E-state index contributed by atoms with van der Waals surface area (Å²) in [6.07, 6.45) is 3.62. The highest BCUT2D eigenvalue weighted by molar-refractivity contribution is 7.86. The quantitative estimate of drug-likeness (QED) is 0.616. The second kappa shape index (κ2) is 4.86. The Labute approximate surface area is 132 Å². The molecule has 9 heteroatoms. The van der Waals surface area contributed by atoms with E-state index in [1.807, 2.05) is 0 Å². The minimum Gasteiger partial charge on any atom is -0.458 e. The highest BCUT2D eigenvalue weighted by Gasteiger charge is 2.62. The number of hydrogen-bond donors (Lipinski definition) is 1. The van der Waals surface area contributed by atoms with Gasteiger partial charge in [0.2, 0.25) is 0 Å². The number of carbonyl (C=O) groups is 1. The van der Waals surface area contributed by atoms with Gasteiger partial charge < -0.3 is 4.74 Å². The molecule has 4 aliphatic rings. The molecule has 0 radical (unpaired) electrons. The Balaban J connectivity index is 1.77. The first-order chi connectivity index (χ1) is 10.5. The van der Waals surface area contributed by atoms with Crippen LogP contribution in [0.2, 0.25) is 0 Å². The lowest BCUT2D eigenvalue weighted by Crippen LogP contribution is -2.55. The molecule has 0 aromatic carbocycles. The number of alkyl halides is 2. The molecule has 4 aliphatic carbocycles. The Morgan fingerprint density at radius 3 is 2.35 bits per heavy atom. The van der Waals surface area contributed by atoms with Gasteiger partial charge in [-0.2, -0.15) is 22.5 Å². The predicted octanol–water partition coefficient (Wildman–Crippen LogP) is 2.12. The highest BCUT2D eigenvalue weighted by atomic mass is 32.2. The molecule has 6 nitrogen and oxygen atoms in total. The van der Waals surface area contributed by atoms with E-state index in [4.69, 9.17) is 4.55 Å². The highest BCUT2D eigenvalue weighted by Crippen LogP contribution is 2.65. The number of carbonyl (C=O) groups excluding carboxylic acids is 1. The number of nitriles is 1. The lowest BCUT2D eigenvalue weighted by molar-refractivity contribution is -0.181. The molecule has 0 heterocycles. The van der Waals surface area contributed by atoms with Crippen LogP contribution in [-0.2, 0) is 19.6 Å². The van der Waals surface area contributed by atoms with E-state index in [2.05, 4.69) is 10.8 Å². The van der Waals surface area contributed by atoms with Crippen molar-refractivity contribution in [2.45, 2.75) is 43.8 Å². The van der Waals surface area contributed by atoms with Gasteiger partial charge in [0.05, 0.1) is 16.9 Å². The first-order valence-corrected chi connectivity index (χ1v) is 8.88. The van der Waals surface area contributed by atoms with Crippen LogP contribution in [0, 0.1) is 34.0 Å². The summed E-state index contributed by atoms with van der Waals surface area (Å²) in [6.45, 7) is -1.71. The van der Waals surface area contributed by atoms with Gasteiger partial charge in [0.25, 0.3) is 0 Å². The van der Waals surface area contributed by atoms with Crippen LogP contribution >= 0.6 is 0 Å². The van der Waals surface area contributed by atoms with E-state index in [0.717, 1.165) is 19.3 Å². The fraction of sp³-hybridized carbons (Fsp3) is 0.857. The molecule has 4 bridgehead atoms. The molecule has 0 aromatic heterocycles. The zero-order valence-corrected chi connectivity index (χ0v) is 13.1. The maximum atomic E-state index is 13.2. The molecule has 2 atom stereocenters. The summed E-state index contributed by atoms with van der Waals surface area (Å²) < 4.78 is 60.7.